The number of urea groups is 1. The minimum absolute atomic E-state index is 0.118. The lowest BCUT2D eigenvalue weighted by atomic mass is 9.91. The topological polar surface area (TPSA) is 120 Å². The molecule has 30 heavy (non-hydrogen) atoms. The van der Waals surface area contributed by atoms with E-state index in [4.69, 9.17) is 18.3 Å². The molecule has 1 atom stereocenters. The van der Waals surface area contributed by atoms with E-state index in [9.17, 15) is 9.59 Å². The Kier molecular flexibility index (Phi) is 4.19. The smallest absolute Gasteiger partial charge is 0.325 e. The van der Waals surface area contributed by atoms with Crippen molar-refractivity contribution in [2.45, 2.75) is 25.4 Å². The molecule has 2 aromatic heterocycles. The van der Waals surface area contributed by atoms with Crippen LogP contribution in [0.3, 0.4) is 0 Å². The second-order valence-corrected chi connectivity index (χ2v) is 7.14. The monoisotopic (exact) mass is 410 g/mol. The number of rotatable bonds is 4. The van der Waals surface area contributed by atoms with Gasteiger partial charge < -0.3 is 23.6 Å². The van der Waals surface area contributed by atoms with E-state index >= 15 is 0 Å². The summed E-state index contributed by atoms with van der Waals surface area (Å²) in [7, 11) is 0. The van der Waals surface area contributed by atoms with Crippen LogP contribution < -0.4 is 14.8 Å². The van der Waals surface area contributed by atoms with Crippen LogP contribution in [-0.2, 0) is 16.9 Å². The first-order valence-corrected chi connectivity index (χ1v) is 9.45. The lowest BCUT2D eigenvalue weighted by Gasteiger charge is -2.23. The van der Waals surface area contributed by atoms with Gasteiger partial charge in [0, 0.05) is 6.42 Å². The fourth-order valence-corrected chi connectivity index (χ4v) is 3.46. The molecule has 4 heterocycles. The zero-order valence-electron chi connectivity index (χ0n) is 16.1. The average Bonchev–Trinajstić information content (AvgIpc) is 3.43. The molecule has 1 aromatic carbocycles. The Morgan fingerprint density at radius 1 is 1.13 bits per heavy atom. The number of imide groups is 1. The van der Waals surface area contributed by atoms with Crippen LogP contribution in [0, 0.1) is 0 Å². The molecule has 0 radical (unpaired) electrons. The van der Waals surface area contributed by atoms with Crippen molar-refractivity contribution in [1.29, 1.82) is 0 Å². The Morgan fingerprint density at radius 2 is 1.97 bits per heavy atom. The molecule has 154 valence electrons. The van der Waals surface area contributed by atoms with Crippen molar-refractivity contribution >= 4 is 11.9 Å². The summed E-state index contributed by atoms with van der Waals surface area (Å²) in [5.41, 5.74) is -0.666. The lowest BCUT2D eigenvalue weighted by Crippen LogP contribution is -2.40. The third-order valence-corrected chi connectivity index (χ3v) is 5.09. The predicted octanol–water partition coefficient (Wildman–Crippen LogP) is 2.46. The number of hydrogen-bond donors (Lipinski definition) is 1. The number of benzene rings is 1. The molecule has 0 unspecified atom stereocenters. The number of hydrogen-bond acceptors (Lipinski definition) is 8. The van der Waals surface area contributed by atoms with E-state index < -0.39 is 17.5 Å². The van der Waals surface area contributed by atoms with Crippen LogP contribution in [0.15, 0.2) is 45.4 Å². The number of carbonyl (C=O) groups is 2. The number of furan rings is 1. The highest BCUT2D eigenvalue weighted by molar-refractivity contribution is 6.07. The Balaban J connectivity index is 1.39. The number of ether oxygens (including phenoxy) is 2. The summed E-state index contributed by atoms with van der Waals surface area (Å²) in [5, 5.41) is 10.6. The van der Waals surface area contributed by atoms with E-state index in [1.54, 1.807) is 37.3 Å². The van der Waals surface area contributed by atoms with Gasteiger partial charge in [-0.15, -0.1) is 10.2 Å². The molecule has 0 spiro atoms. The van der Waals surface area contributed by atoms with Crippen LogP contribution in [0.2, 0.25) is 0 Å². The zero-order valence-corrected chi connectivity index (χ0v) is 16.1. The molecule has 0 saturated carbocycles. The number of aromatic nitrogens is 2. The van der Waals surface area contributed by atoms with Crippen molar-refractivity contribution in [3.8, 4) is 23.1 Å². The summed E-state index contributed by atoms with van der Waals surface area (Å²) in [6, 6.07) is 8.04. The molecular formula is C20H18N4O6. The quantitative estimate of drug-likeness (QED) is 0.652. The van der Waals surface area contributed by atoms with Crippen LogP contribution in [0.4, 0.5) is 4.79 Å². The third kappa shape index (κ3) is 2.97. The summed E-state index contributed by atoms with van der Waals surface area (Å²) in [6.07, 6.45) is 2.26. The number of carbonyl (C=O) groups excluding carboxylic acids is 2. The Hall–Kier alpha value is -3.82. The number of nitrogens with zero attached hydrogens (tertiary/aromatic N) is 3. The SMILES string of the molecule is C[C@@]1(c2ccc3c(c2)OCCCO3)NC(=O)N(Cc2nnc(-c3ccco3)o2)C1=O. The van der Waals surface area contributed by atoms with Crippen LogP contribution in [0.5, 0.6) is 11.5 Å². The number of nitrogens with one attached hydrogen (secondary N) is 1. The minimum Gasteiger partial charge on any atom is -0.490 e. The first-order valence-electron chi connectivity index (χ1n) is 9.45. The van der Waals surface area contributed by atoms with Gasteiger partial charge in [0.25, 0.3) is 11.8 Å². The first kappa shape index (κ1) is 18.2. The van der Waals surface area contributed by atoms with E-state index in [0.29, 0.717) is 36.0 Å². The fraction of sp³-hybridized carbons (Fsp3) is 0.300. The zero-order chi connectivity index (χ0) is 20.7. The highest BCUT2D eigenvalue weighted by Gasteiger charge is 2.49. The van der Waals surface area contributed by atoms with Crippen LogP contribution in [0.1, 0.15) is 24.8 Å². The fourth-order valence-electron chi connectivity index (χ4n) is 3.46. The summed E-state index contributed by atoms with van der Waals surface area (Å²) in [4.78, 5) is 26.8. The molecule has 2 aliphatic rings. The standard InChI is InChI=1S/C20H18N4O6/c1-20(12-5-6-13-15(10-12)29-9-3-8-27-13)18(25)24(19(26)21-20)11-16-22-23-17(30-16)14-4-2-7-28-14/h2,4-7,10H,3,8-9,11H2,1H3,(H,21,26)/t20-/m0/s1. The van der Waals surface area contributed by atoms with Crippen LogP contribution in [0.25, 0.3) is 11.7 Å². The van der Waals surface area contributed by atoms with Gasteiger partial charge in [0.1, 0.15) is 12.1 Å². The molecule has 0 aliphatic carbocycles. The van der Waals surface area contributed by atoms with E-state index in [1.165, 1.54) is 6.26 Å². The molecular weight excluding hydrogens is 392 g/mol. The maximum absolute atomic E-state index is 13.2. The maximum atomic E-state index is 13.2. The van der Waals surface area contributed by atoms with Gasteiger partial charge in [-0.05, 0) is 36.8 Å². The second-order valence-electron chi connectivity index (χ2n) is 7.14. The molecule has 1 saturated heterocycles. The summed E-state index contributed by atoms with van der Waals surface area (Å²) >= 11 is 0. The van der Waals surface area contributed by atoms with Gasteiger partial charge in [0.2, 0.25) is 5.89 Å². The molecule has 1 fully saturated rings. The molecule has 2 aliphatic heterocycles. The molecule has 3 aromatic rings. The first-order chi connectivity index (χ1) is 14.5. The van der Waals surface area contributed by atoms with Crippen molar-refractivity contribution in [3.05, 3.63) is 48.0 Å². The van der Waals surface area contributed by atoms with Gasteiger partial charge >= 0.3 is 6.03 Å². The Bertz CT molecular complexity index is 1110. The molecule has 10 nitrogen and oxygen atoms in total. The molecule has 5 rings (SSSR count). The molecule has 3 amide bonds. The summed E-state index contributed by atoms with van der Waals surface area (Å²) in [5.74, 6) is 1.43. The highest BCUT2D eigenvalue weighted by atomic mass is 16.5. The van der Waals surface area contributed by atoms with Gasteiger partial charge in [-0.3, -0.25) is 9.69 Å². The summed E-state index contributed by atoms with van der Waals surface area (Å²) < 4.78 is 22.1. The van der Waals surface area contributed by atoms with Crippen molar-refractivity contribution in [2.75, 3.05) is 13.2 Å². The summed E-state index contributed by atoms with van der Waals surface area (Å²) in [6.45, 7) is 2.58. The number of amides is 3. The molecule has 10 heteroatoms. The Labute approximate surface area is 170 Å². The van der Waals surface area contributed by atoms with Gasteiger partial charge in [-0.25, -0.2) is 4.79 Å². The highest BCUT2D eigenvalue weighted by Crippen LogP contribution is 2.37. The van der Waals surface area contributed by atoms with Crippen molar-refractivity contribution < 1.29 is 27.9 Å². The van der Waals surface area contributed by atoms with Crippen molar-refractivity contribution in [3.63, 3.8) is 0 Å². The van der Waals surface area contributed by atoms with Gasteiger partial charge in [0.05, 0.1) is 19.5 Å². The largest absolute Gasteiger partial charge is 0.490 e. The lowest BCUT2D eigenvalue weighted by molar-refractivity contribution is -0.131. The Morgan fingerprint density at radius 3 is 2.77 bits per heavy atom. The van der Waals surface area contributed by atoms with Gasteiger partial charge in [0.15, 0.2) is 17.3 Å². The molecule has 0 bridgehead atoms. The number of fused-ring (bicyclic) bond motifs is 1. The van der Waals surface area contributed by atoms with E-state index in [2.05, 4.69) is 15.5 Å². The van der Waals surface area contributed by atoms with E-state index in [0.717, 1.165) is 11.3 Å². The molecule has 1 N–H and O–H groups in total. The van der Waals surface area contributed by atoms with Gasteiger partial charge in [-0.1, -0.05) is 6.07 Å². The predicted molar refractivity (Wildman–Crippen MR) is 100 cm³/mol. The van der Waals surface area contributed by atoms with Crippen molar-refractivity contribution in [2.24, 2.45) is 0 Å². The van der Waals surface area contributed by atoms with E-state index in [-0.39, 0.29) is 18.3 Å². The van der Waals surface area contributed by atoms with Gasteiger partial charge in [-0.2, -0.15) is 0 Å². The normalized spacial score (nSPS) is 20.9. The maximum Gasteiger partial charge on any atom is 0.325 e. The van der Waals surface area contributed by atoms with Crippen LogP contribution >= 0.6 is 0 Å². The van der Waals surface area contributed by atoms with Crippen LogP contribution in [-0.4, -0.2) is 40.2 Å². The minimum atomic E-state index is -1.26. The third-order valence-electron chi connectivity index (χ3n) is 5.09. The van der Waals surface area contributed by atoms with E-state index in [1.807, 2.05) is 0 Å². The second kappa shape index (κ2) is 6.90. The average molecular weight is 410 g/mol. The van der Waals surface area contributed by atoms with Crippen molar-refractivity contribution in [1.82, 2.24) is 20.4 Å².